The molecule has 112 valence electrons. The zero-order valence-corrected chi connectivity index (χ0v) is 12.4. The number of hydrogen-bond acceptors (Lipinski definition) is 4. The second-order valence-electron chi connectivity index (χ2n) is 5.88. The van der Waals surface area contributed by atoms with Crippen molar-refractivity contribution in [3.63, 3.8) is 0 Å². The van der Waals surface area contributed by atoms with Gasteiger partial charge in [0, 0.05) is 38.8 Å². The molecule has 1 fully saturated rings. The number of carbonyl (C=O) groups excluding carboxylic acids is 1. The largest absolute Gasteiger partial charge is 0.392 e. The molecular formula is C14H24N4O2. The third-order valence-corrected chi connectivity index (χ3v) is 3.75. The summed E-state index contributed by atoms with van der Waals surface area (Å²) in [6, 6.07) is 2.13. The number of anilines is 1. The third-order valence-electron chi connectivity index (χ3n) is 3.75. The summed E-state index contributed by atoms with van der Waals surface area (Å²) in [6.07, 6.45) is 2.64. The van der Waals surface area contributed by atoms with Crippen LogP contribution in [0.1, 0.15) is 33.2 Å². The summed E-state index contributed by atoms with van der Waals surface area (Å²) in [5.41, 5.74) is 0. The number of nitrogens with zero attached hydrogens (tertiary/aromatic N) is 3. The number of aliphatic hydroxyl groups is 1. The topological polar surface area (TPSA) is 70.4 Å². The van der Waals surface area contributed by atoms with Crippen molar-refractivity contribution in [2.45, 2.75) is 39.3 Å². The number of hydrogen-bond donors (Lipinski definition) is 2. The molecule has 1 aliphatic rings. The second-order valence-corrected chi connectivity index (χ2v) is 5.88. The fourth-order valence-electron chi connectivity index (χ4n) is 2.46. The summed E-state index contributed by atoms with van der Waals surface area (Å²) < 4.78 is 1.91. The molecule has 0 saturated carbocycles. The van der Waals surface area contributed by atoms with Gasteiger partial charge in [0.15, 0.2) is 5.82 Å². The van der Waals surface area contributed by atoms with Gasteiger partial charge in [0.2, 0.25) is 5.91 Å². The van der Waals surface area contributed by atoms with Gasteiger partial charge >= 0.3 is 0 Å². The third kappa shape index (κ3) is 3.80. The normalized spacial score (nSPS) is 21.4. The highest BCUT2D eigenvalue weighted by Gasteiger charge is 2.26. The molecule has 2 N–H and O–H groups in total. The maximum atomic E-state index is 11.0. The molecular weight excluding hydrogens is 256 g/mol. The van der Waals surface area contributed by atoms with E-state index in [1.807, 2.05) is 30.8 Å². The Bertz CT molecular complexity index is 458. The lowest BCUT2D eigenvalue weighted by molar-refractivity contribution is -0.114. The van der Waals surface area contributed by atoms with Crippen LogP contribution in [0.5, 0.6) is 0 Å². The first-order valence-electron chi connectivity index (χ1n) is 7.19. The molecule has 1 aromatic heterocycles. The maximum Gasteiger partial charge on any atom is 0.222 e. The molecule has 20 heavy (non-hydrogen) atoms. The zero-order valence-electron chi connectivity index (χ0n) is 12.4. The van der Waals surface area contributed by atoms with Gasteiger partial charge in [-0.3, -0.25) is 14.4 Å². The number of likely N-dealkylation sites (tertiary alicyclic amines) is 1. The molecule has 2 rings (SSSR count). The van der Waals surface area contributed by atoms with Crippen LogP contribution in [-0.2, 0) is 4.79 Å². The van der Waals surface area contributed by atoms with Gasteiger partial charge in [-0.05, 0) is 12.3 Å². The average molecular weight is 280 g/mol. The number of aromatic nitrogens is 2. The van der Waals surface area contributed by atoms with E-state index in [1.165, 1.54) is 6.92 Å². The van der Waals surface area contributed by atoms with Crippen LogP contribution in [-0.4, -0.2) is 51.4 Å². The van der Waals surface area contributed by atoms with E-state index < -0.39 is 0 Å². The van der Waals surface area contributed by atoms with Crippen LogP contribution < -0.4 is 5.32 Å². The lowest BCUT2D eigenvalue weighted by Crippen LogP contribution is -2.33. The van der Waals surface area contributed by atoms with Gasteiger partial charge in [-0.1, -0.05) is 13.8 Å². The molecule has 0 radical (unpaired) electrons. The number of β-amino-alcohol motifs (C(OH)–C–C–N with tert-alkyl or cyclic N) is 1. The minimum absolute atomic E-state index is 0.108. The molecule has 1 amide bonds. The van der Waals surface area contributed by atoms with Crippen molar-refractivity contribution in [2.24, 2.45) is 5.92 Å². The van der Waals surface area contributed by atoms with Gasteiger partial charge in [-0.15, -0.1) is 0 Å². The fraction of sp³-hybridized carbons (Fsp3) is 0.714. The average Bonchev–Trinajstić information content (AvgIpc) is 2.97. The lowest BCUT2D eigenvalue weighted by Gasteiger charge is -2.22. The van der Waals surface area contributed by atoms with Crippen molar-refractivity contribution < 1.29 is 9.90 Å². The van der Waals surface area contributed by atoms with Crippen LogP contribution in [0.15, 0.2) is 12.3 Å². The van der Waals surface area contributed by atoms with E-state index in [2.05, 4.69) is 15.3 Å². The quantitative estimate of drug-likeness (QED) is 0.847. The summed E-state index contributed by atoms with van der Waals surface area (Å²) in [7, 11) is 0. The Hall–Kier alpha value is -1.40. The van der Waals surface area contributed by atoms with Crippen LogP contribution in [0.4, 0.5) is 5.82 Å². The number of rotatable bonds is 5. The molecule has 0 unspecified atom stereocenters. The van der Waals surface area contributed by atoms with Crippen molar-refractivity contribution in [2.75, 3.05) is 25.0 Å². The Kier molecular flexibility index (Phi) is 4.77. The van der Waals surface area contributed by atoms with Gasteiger partial charge in [-0.25, -0.2) is 0 Å². The SMILES string of the molecule is CC(=O)Nc1ccn([C@H]2CCN(C[C@H](O)C(C)C)C2)n1. The Morgan fingerprint density at radius 2 is 2.35 bits per heavy atom. The van der Waals surface area contributed by atoms with Gasteiger partial charge in [0.1, 0.15) is 0 Å². The Morgan fingerprint density at radius 1 is 1.60 bits per heavy atom. The van der Waals surface area contributed by atoms with Gasteiger partial charge in [-0.2, -0.15) is 5.10 Å². The second kappa shape index (κ2) is 6.37. The van der Waals surface area contributed by atoms with Crippen molar-refractivity contribution in [1.29, 1.82) is 0 Å². The molecule has 1 aliphatic heterocycles. The predicted molar refractivity (Wildman–Crippen MR) is 77.5 cm³/mol. The minimum atomic E-state index is -0.277. The lowest BCUT2D eigenvalue weighted by atomic mass is 10.1. The van der Waals surface area contributed by atoms with E-state index in [9.17, 15) is 9.90 Å². The Labute approximate surface area is 119 Å². The number of nitrogens with one attached hydrogen (secondary N) is 1. The number of carbonyl (C=O) groups is 1. The molecule has 6 heteroatoms. The van der Waals surface area contributed by atoms with E-state index >= 15 is 0 Å². The van der Waals surface area contributed by atoms with E-state index in [0.717, 1.165) is 19.5 Å². The van der Waals surface area contributed by atoms with E-state index in [-0.39, 0.29) is 17.9 Å². The predicted octanol–water partition coefficient (Wildman–Crippen LogP) is 1.11. The molecule has 2 heterocycles. The Balaban J connectivity index is 1.89. The zero-order chi connectivity index (χ0) is 14.7. The summed E-state index contributed by atoms with van der Waals surface area (Å²) in [4.78, 5) is 13.3. The minimum Gasteiger partial charge on any atom is -0.392 e. The standard InChI is InChI=1S/C14H24N4O2/c1-10(2)13(20)9-17-6-4-12(8-17)18-7-5-14(16-18)15-11(3)19/h5,7,10,12-13,20H,4,6,8-9H2,1-3H3,(H,15,16,19)/t12-,13-/m0/s1. The molecule has 0 bridgehead atoms. The molecule has 2 atom stereocenters. The highest BCUT2D eigenvalue weighted by molar-refractivity contribution is 5.87. The van der Waals surface area contributed by atoms with Crippen molar-refractivity contribution in [3.05, 3.63) is 12.3 Å². The van der Waals surface area contributed by atoms with Gasteiger partial charge in [0.25, 0.3) is 0 Å². The van der Waals surface area contributed by atoms with Gasteiger partial charge < -0.3 is 10.4 Å². The first-order valence-corrected chi connectivity index (χ1v) is 7.19. The first kappa shape index (κ1) is 15.0. The molecule has 0 spiro atoms. The van der Waals surface area contributed by atoms with E-state index in [0.29, 0.717) is 18.4 Å². The van der Waals surface area contributed by atoms with E-state index in [4.69, 9.17) is 0 Å². The van der Waals surface area contributed by atoms with Crippen LogP contribution >= 0.6 is 0 Å². The molecule has 1 saturated heterocycles. The van der Waals surface area contributed by atoms with Crippen molar-refractivity contribution >= 4 is 11.7 Å². The molecule has 0 aromatic carbocycles. The maximum absolute atomic E-state index is 11.0. The molecule has 6 nitrogen and oxygen atoms in total. The van der Waals surface area contributed by atoms with Crippen LogP contribution in [0.2, 0.25) is 0 Å². The molecule has 0 aliphatic carbocycles. The first-order chi connectivity index (χ1) is 9.45. The number of amides is 1. The van der Waals surface area contributed by atoms with Crippen LogP contribution in [0, 0.1) is 5.92 Å². The highest BCUT2D eigenvalue weighted by Crippen LogP contribution is 2.22. The smallest absolute Gasteiger partial charge is 0.222 e. The fourth-order valence-corrected chi connectivity index (χ4v) is 2.46. The summed E-state index contributed by atoms with van der Waals surface area (Å²) in [5.74, 6) is 0.770. The van der Waals surface area contributed by atoms with E-state index in [1.54, 1.807) is 0 Å². The van der Waals surface area contributed by atoms with Gasteiger partial charge in [0.05, 0.1) is 12.1 Å². The highest BCUT2D eigenvalue weighted by atomic mass is 16.3. The number of aliphatic hydroxyl groups excluding tert-OH is 1. The monoisotopic (exact) mass is 280 g/mol. The molecule has 1 aromatic rings. The summed E-state index contributed by atoms with van der Waals surface area (Å²) in [6.45, 7) is 8.13. The van der Waals surface area contributed by atoms with Crippen LogP contribution in [0.25, 0.3) is 0 Å². The summed E-state index contributed by atoms with van der Waals surface area (Å²) >= 11 is 0. The van der Waals surface area contributed by atoms with Crippen molar-refractivity contribution in [3.8, 4) is 0 Å². The summed E-state index contributed by atoms with van der Waals surface area (Å²) in [5, 5.41) is 17.0. The van der Waals surface area contributed by atoms with Crippen molar-refractivity contribution in [1.82, 2.24) is 14.7 Å². The Morgan fingerprint density at radius 3 is 3.00 bits per heavy atom. The van der Waals surface area contributed by atoms with Crippen LogP contribution in [0.3, 0.4) is 0 Å².